The van der Waals surface area contributed by atoms with E-state index in [9.17, 15) is 9.59 Å². The van der Waals surface area contributed by atoms with Gasteiger partial charge in [-0.3, -0.25) is 19.4 Å². The van der Waals surface area contributed by atoms with Gasteiger partial charge in [0.05, 0.1) is 26.3 Å². The molecule has 0 radical (unpaired) electrons. The van der Waals surface area contributed by atoms with Crippen LogP contribution >= 0.6 is 0 Å². The van der Waals surface area contributed by atoms with Gasteiger partial charge >= 0.3 is 0 Å². The molecule has 0 saturated carbocycles. The molecular formula is C21H28N4O3. The maximum absolute atomic E-state index is 12.9. The molecule has 2 aliphatic rings. The second-order valence-electron chi connectivity index (χ2n) is 7.64. The second-order valence-corrected chi connectivity index (χ2v) is 7.64. The van der Waals surface area contributed by atoms with E-state index < -0.39 is 0 Å². The third-order valence-electron chi connectivity index (χ3n) is 5.73. The minimum Gasteiger partial charge on any atom is -0.378 e. The number of carbonyl (C=O) groups excluding carboxylic acids is 2. The van der Waals surface area contributed by atoms with E-state index >= 15 is 0 Å². The maximum atomic E-state index is 12.9. The van der Waals surface area contributed by atoms with Gasteiger partial charge in [-0.1, -0.05) is 18.2 Å². The van der Waals surface area contributed by atoms with Gasteiger partial charge in [0.1, 0.15) is 0 Å². The summed E-state index contributed by atoms with van der Waals surface area (Å²) < 4.78 is 5.31. The van der Waals surface area contributed by atoms with Gasteiger partial charge in [0.15, 0.2) is 5.78 Å². The van der Waals surface area contributed by atoms with Crippen LogP contribution in [0.5, 0.6) is 0 Å². The summed E-state index contributed by atoms with van der Waals surface area (Å²) in [6.45, 7) is 8.75. The van der Waals surface area contributed by atoms with Crippen LogP contribution in [0.15, 0.2) is 24.3 Å². The van der Waals surface area contributed by atoms with Crippen molar-refractivity contribution in [3.63, 3.8) is 0 Å². The van der Waals surface area contributed by atoms with E-state index in [2.05, 4.69) is 14.8 Å². The van der Waals surface area contributed by atoms with Gasteiger partial charge in [-0.05, 0) is 13.0 Å². The van der Waals surface area contributed by atoms with Crippen molar-refractivity contribution in [2.45, 2.75) is 6.92 Å². The highest BCUT2D eigenvalue weighted by Crippen LogP contribution is 2.22. The van der Waals surface area contributed by atoms with Gasteiger partial charge in [-0.15, -0.1) is 0 Å². The number of carbonyl (C=O) groups is 2. The number of benzene rings is 1. The van der Waals surface area contributed by atoms with Crippen LogP contribution in [-0.4, -0.2) is 96.9 Å². The first-order valence-electron chi connectivity index (χ1n) is 10.0. The number of amides is 1. The Kier molecular flexibility index (Phi) is 5.75. The van der Waals surface area contributed by atoms with Crippen molar-refractivity contribution < 1.29 is 14.3 Å². The fourth-order valence-electron chi connectivity index (χ4n) is 4.13. The molecule has 2 aromatic rings. The maximum Gasteiger partial charge on any atom is 0.236 e. The molecule has 2 aliphatic heterocycles. The molecule has 0 atom stereocenters. The Balaban J connectivity index is 1.30. The minimum absolute atomic E-state index is 0.160. The van der Waals surface area contributed by atoms with E-state index in [0.29, 0.717) is 39.4 Å². The normalized spacial score (nSPS) is 19.2. The number of ether oxygens (including phenoxy) is 1. The highest BCUT2D eigenvalue weighted by Gasteiger charge is 2.25. The summed E-state index contributed by atoms with van der Waals surface area (Å²) in [6.07, 6.45) is 0. The SMILES string of the molecule is Cc1[nH]c2ccccc2c1C(=O)CN1CCN(CC(=O)N2CCOCC2)CC1. The third-order valence-corrected chi connectivity index (χ3v) is 5.73. The largest absolute Gasteiger partial charge is 0.378 e. The second kappa shape index (κ2) is 8.43. The van der Waals surface area contributed by atoms with E-state index in [0.717, 1.165) is 48.3 Å². The Hall–Kier alpha value is -2.22. The Morgan fingerprint density at radius 2 is 1.61 bits per heavy atom. The number of rotatable bonds is 5. The highest BCUT2D eigenvalue weighted by atomic mass is 16.5. The van der Waals surface area contributed by atoms with Gasteiger partial charge in [-0.25, -0.2) is 0 Å². The van der Waals surface area contributed by atoms with E-state index in [4.69, 9.17) is 4.74 Å². The molecule has 7 heteroatoms. The van der Waals surface area contributed by atoms with Crippen LogP contribution in [0.2, 0.25) is 0 Å². The number of aryl methyl sites for hydroxylation is 1. The number of aromatic nitrogens is 1. The summed E-state index contributed by atoms with van der Waals surface area (Å²) in [5.74, 6) is 0.343. The van der Waals surface area contributed by atoms with Crippen LogP contribution in [-0.2, 0) is 9.53 Å². The summed E-state index contributed by atoms with van der Waals surface area (Å²) in [5.41, 5.74) is 2.75. The molecule has 7 nitrogen and oxygen atoms in total. The lowest BCUT2D eigenvalue weighted by Crippen LogP contribution is -2.52. The smallest absolute Gasteiger partial charge is 0.236 e. The molecule has 2 fully saturated rings. The number of piperazine rings is 1. The molecule has 2 saturated heterocycles. The third kappa shape index (κ3) is 4.11. The molecule has 1 N–H and O–H groups in total. The fourth-order valence-corrected chi connectivity index (χ4v) is 4.13. The summed E-state index contributed by atoms with van der Waals surface area (Å²) in [6, 6.07) is 7.95. The van der Waals surface area contributed by atoms with Crippen molar-refractivity contribution in [1.29, 1.82) is 0 Å². The lowest BCUT2D eigenvalue weighted by atomic mass is 10.1. The van der Waals surface area contributed by atoms with Crippen LogP contribution in [0.4, 0.5) is 0 Å². The molecule has 150 valence electrons. The zero-order chi connectivity index (χ0) is 19.5. The van der Waals surface area contributed by atoms with Crippen molar-refractivity contribution in [1.82, 2.24) is 19.7 Å². The number of para-hydroxylation sites is 1. The molecule has 4 rings (SSSR count). The number of hydrogen-bond donors (Lipinski definition) is 1. The van der Waals surface area contributed by atoms with E-state index in [1.807, 2.05) is 36.1 Å². The molecule has 28 heavy (non-hydrogen) atoms. The lowest BCUT2D eigenvalue weighted by molar-refractivity contribution is -0.136. The van der Waals surface area contributed by atoms with Crippen LogP contribution < -0.4 is 0 Å². The number of Topliss-reactive ketones (excluding diaryl/α,β-unsaturated/α-hetero) is 1. The standard InChI is InChI=1S/C21H28N4O3/c1-16-21(17-4-2-3-5-18(17)22-16)19(26)14-23-6-8-24(9-7-23)15-20(27)25-10-12-28-13-11-25/h2-5,22H,6-15H2,1H3. The van der Waals surface area contributed by atoms with Crippen molar-refractivity contribution >= 4 is 22.6 Å². The first-order chi connectivity index (χ1) is 13.6. The number of nitrogens with one attached hydrogen (secondary N) is 1. The quantitative estimate of drug-likeness (QED) is 0.783. The van der Waals surface area contributed by atoms with E-state index in [1.54, 1.807) is 0 Å². The van der Waals surface area contributed by atoms with E-state index in [-0.39, 0.29) is 11.7 Å². The molecule has 0 bridgehead atoms. The predicted molar refractivity (Wildman–Crippen MR) is 108 cm³/mol. The molecule has 1 aromatic heterocycles. The highest BCUT2D eigenvalue weighted by molar-refractivity contribution is 6.10. The molecule has 0 spiro atoms. The zero-order valence-corrected chi connectivity index (χ0v) is 16.4. The number of hydrogen-bond acceptors (Lipinski definition) is 5. The summed E-state index contributed by atoms with van der Waals surface area (Å²) in [7, 11) is 0. The lowest BCUT2D eigenvalue weighted by Gasteiger charge is -2.35. The summed E-state index contributed by atoms with van der Waals surface area (Å²) in [5, 5.41) is 1.000. The van der Waals surface area contributed by atoms with E-state index in [1.165, 1.54) is 0 Å². The minimum atomic E-state index is 0.160. The number of nitrogens with zero attached hydrogens (tertiary/aromatic N) is 3. The molecule has 1 aromatic carbocycles. The Morgan fingerprint density at radius 3 is 2.32 bits per heavy atom. The van der Waals surface area contributed by atoms with Crippen molar-refractivity contribution in [3.8, 4) is 0 Å². The number of fused-ring (bicyclic) bond motifs is 1. The van der Waals surface area contributed by atoms with Crippen LogP contribution in [0, 0.1) is 6.92 Å². The van der Waals surface area contributed by atoms with Gasteiger partial charge in [0.2, 0.25) is 5.91 Å². The molecular weight excluding hydrogens is 356 g/mol. The van der Waals surface area contributed by atoms with Crippen LogP contribution in [0.1, 0.15) is 16.1 Å². The van der Waals surface area contributed by atoms with Crippen LogP contribution in [0.25, 0.3) is 10.9 Å². The van der Waals surface area contributed by atoms with Crippen molar-refractivity contribution in [3.05, 3.63) is 35.5 Å². The zero-order valence-electron chi connectivity index (χ0n) is 16.4. The first-order valence-corrected chi connectivity index (χ1v) is 10.0. The van der Waals surface area contributed by atoms with Gasteiger partial charge in [0, 0.05) is 61.4 Å². The average molecular weight is 384 g/mol. The number of aromatic amines is 1. The fraction of sp³-hybridized carbons (Fsp3) is 0.524. The Morgan fingerprint density at radius 1 is 0.964 bits per heavy atom. The average Bonchev–Trinajstić information content (AvgIpc) is 3.06. The van der Waals surface area contributed by atoms with Gasteiger partial charge in [0.25, 0.3) is 0 Å². The number of morpholine rings is 1. The first kappa shape index (κ1) is 19.1. The predicted octanol–water partition coefficient (Wildman–Crippen LogP) is 1.14. The number of H-pyrrole nitrogens is 1. The summed E-state index contributed by atoms with van der Waals surface area (Å²) in [4.78, 5) is 34.9. The van der Waals surface area contributed by atoms with Gasteiger partial charge < -0.3 is 14.6 Å². The topological polar surface area (TPSA) is 68.9 Å². The summed E-state index contributed by atoms with van der Waals surface area (Å²) >= 11 is 0. The Bertz CT molecular complexity index is 848. The monoisotopic (exact) mass is 384 g/mol. The van der Waals surface area contributed by atoms with Gasteiger partial charge in [-0.2, -0.15) is 0 Å². The Labute approximate surface area is 165 Å². The molecule has 1 amide bonds. The van der Waals surface area contributed by atoms with Crippen molar-refractivity contribution in [2.75, 3.05) is 65.6 Å². The molecule has 0 aliphatic carbocycles. The molecule has 0 unspecified atom stereocenters. The number of ketones is 1. The van der Waals surface area contributed by atoms with Crippen molar-refractivity contribution in [2.24, 2.45) is 0 Å². The van der Waals surface area contributed by atoms with Crippen LogP contribution in [0.3, 0.4) is 0 Å². The molecule has 3 heterocycles.